The molecule has 0 unspecified atom stereocenters. The van der Waals surface area contributed by atoms with Crippen molar-refractivity contribution in [1.82, 2.24) is 9.55 Å². The molecule has 0 bridgehead atoms. The van der Waals surface area contributed by atoms with Crippen molar-refractivity contribution < 1.29 is 9.53 Å². The maximum absolute atomic E-state index is 12.6. The first-order valence-corrected chi connectivity index (χ1v) is 9.91. The molecule has 0 radical (unpaired) electrons. The number of hydrogen-bond donors (Lipinski definition) is 0. The number of aryl methyl sites for hydroxylation is 1. The van der Waals surface area contributed by atoms with Crippen LogP contribution in [0.5, 0.6) is 11.5 Å². The molecule has 0 saturated heterocycles. The summed E-state index contributed by atoms with van der Waals surface area (Å²) in [5, 5.41) is 0. The van der Waals surface area contributed by atoms with Gasteiger partial charge in [-0.15, -0.1) is 0 Å². The Morgan fingerprint density at radius 2 is 1.41 bits per heavy atom. The number of ketones is 1. The van der Waals surface area contributed by atoms with Crippen molar-refractivity contribution in [2.24, 2.45) is 7.05 Å². The molecule has 1 heterocycles. The Kier molecular flexibility index (Phi) is 5.40. The van der Waals surface area contributed by atoms with Gasteiger partial charge in [-0.1, -0.05) is 47.6 Å². The molecule has 0 fully saturated rings. The van der Waals surface area contributed by atoms with Crippen LogP contribution >= 0.6 is 0 Å². The van der Waals surface area contributed by atoms with Crippen LogP contribution in [-0.2, 0) is 17.9 Å². The molecule has 29 heavy (non-hydrogen) atoms. The van der Waals surface area contributed by atoms with Crippen LogP contribution in [0.3, 0.4) is 0 Å². The van der Waals surface area contributed by atoms with Crippen LogP contribution in [0, 0.1) is 0 Å². The summed E-state index contributed by atoms with van der Waals surface area (Å²) < 4.78 is 7.89. The quantitative estimate of drug-likeness (QED) is 0.510. The van der Waals surface area contributed by atoms with Gasteiger partial charge in [0.05, 0.1) is 0 Å². The van der Waals surface area contributed by atoms with Gasteiger partial charge in [0.1, 0.15) is 11.5 Å². The average Bonchev–Trinajstić information content (AvgIpc) is 3.06. The third kappa shape index (κ3) is 4.76. The van der Waals surface area contributed by atoms with Crippen molar-refractivity contribution in [2.75, 3.05) is 0 Å². The van der Waals surface area contributed by atoms with E-state index in [9.17, 15) is 4.79 Å². The Morgan fingerprint density at radius 3 is 1.86 bits per heavy atom. The van der Waals surface area contributed by atoms with Crippen LogP contribution in [0.4, 0.5) is 0 Å². The number of benzene rings is 2. The van der Waals surface area contributed by atoms with Crippen molar-refractivity contribution in [2.45, 2.75) is 52.4 Å². The van der Waals surface area contributed by atoms with Gasteiger partial charge in [0.25, 0.3) is 0 Å². The van der Waals surface area contributed by atoms with Gasteiger partial charge in [0.15, 0.2) is 5.82 Å². The van der Waals surface area contributed by atoms with Crippen molar-refractivity contribution >= 4 is 5.78 Å². The molecule has 4 heteroatoms. The first-order chi connectivity index (χ1) is 13.4. The molecular weight excluding hydrogens is 360 g/mol. The molecule has 0 aliphatic carbocycles. The van der Waals surface area contributed by atoms with E-state index in [0.29, 0.717) is 17.1 Å². The summed E-state index contributed by atoms with van der Waals surface area (Å²) in [6, 6.07) is 13.7. The molecule has 0 amide bonds. The first kappa shape index (κ1) is 20.8. The average molecular weight is 391 g/mol. The molecule has 4 nitrogen and oxygen atoms in total. The smallest absolute Gasteiger partial charge is 0.228 e. The normalized spacial score (nSPS) is 12.1. The molecule has 1 aromatic heterocycles. The van der Waals surface area contributed by atoms with Gasteiger partial charge in [0.2, 0.25) is 5.78 Å². The maximum Gasteiger partial charge on any atom is 0.228 e. The second-order valence-corrected chi connectivity index (χ2v) is 9.56. The highest BCUT2D eigenvalue weighted by atomic mass is 16.5. The largest absolute Gasteiger partial charge is 0.457 e. The number of nitrogens with zero attached hydrogens (tertiary/aromatic N) is 2. The van der Waals surface area contributed by atoms with Gasteiger partial charge in [-0.25, -0.2) is 4.98 Å². The van der Waals surface area contributed by atoms with E-state index >= 15 is 0 Å². The minimum absolute atomic E-state index is 0.0255. The Hall–Kier alpha value is -2.88. The number of carbonyl (C=O) groups excluding carboxylic acids is 1. The van der Waals surface area contributed by atoms with Crippen molar-refractivity contribution in [3.05, 3.63) is 77.4 Å². The Balaban J connectivity index is 1.88. The Morgan fingerprint density at radius 1 is 0.862 bits per heavy atom. The zero-order valence-corrected chi connectivity index (χ0v) is 18.4. The molecular formula is C25H30N2O2. The maximum atomic E-state index is 12.6. The summed E-state index contributed by atoms with van der Waals surface area (Å²) in [6.07, 6.45) is 3.39. The van der Waals surface area contributed by atoms with Crippen LogP contribution in [0.1, 0.15) is 68.9 Å². The predicted octanol–water partition coefficient (Wildman–Crippen LogP) is 6.04. The number of carbonyl (C=O) groups is 1. The van der Waals surface area contributed by atoms with E-state index in [1.54, 1.807) is 29.1 Å². The van der Waals surface area contributed by atoms with E-state index in [2.05, 4.69) is 64.7 Å². The summed E-state index contributed by atoms with van der Waals surface area (Å²) in [5.74, 6) is 1.83. The summed E-state index contributed by atoms with van der Waals surface area (Å²) in [6.45, 7) is 13.2. The van der Waals surface area contributed by atoms with E-state index in [1.165, 1.54) is 11.1 Å². The monoisotopic (exact) mass is 390 g/mol. The fraction of sp³-hybridized carbons (Fsp3) is 0.360. The van der Waals surface area contributed by atoms with Gasteiger partial charge in [-0.05, 0) is 58.4 Å². The minimum Gasteiger partial charge on any atom is -0.457 e. The summed E-state index contributed by atoms with van der Waals surface area (Å²) >= 11 is 0. The molecule has 0 atom stereocenters. The molecule has 0 saturated carbocycles. The highest BCUT2D eigenvalue weighted by molar-refractivity contribution is 6.06. The van der Waals surface area contributed by atoms with Crippen LogP contribution in [0.2, 0.25) is 0 Å². The molecule has 0 N–H and O–H groups in total. The molecule has 0 aliphatic heterocycles. The van der Waals surface area contributed by atoms with Crippen molar-refractivity contribution in [1.29, 1.82) is 0 Å². The van der Waals surface area contributed by atoms with Crippen molar-refractivity contribution in [3.63, 3.8) is 0 Å². The number of hydrogen-bond acceptors (Lipinski definition) is 3. The lowest BCUT2D eigenvalue weighted by molar-refractivity contribution is 0.102. The Labute approximate surface area is 173 Å². The van der Waals surface area contributed by atoms with Crippen LogP contribution in [0.15, 0.2) is 54.9 Å². The van der Waals surface area contributed by atoms with Crippen molar-refractivity contribution in [3.8, 4) is 11.5 Å². The molecule has 152 valence electrons. The second-order valence-electron chi connectivity index (χ2n) is 9.56. The number of rotatable bonds is 4. The third-order valence-electron chi connectivity index (χ3n) is 5.02. The van der Waals surface area contributed by atoms with Gasteiger partial charge in [-0.2, -0.15) is 0 Å². The van der Waals surface area contributed by atoms with Crippen LogP contribution in [0.25, 0.3) is 0 Å². The second kappa shape index (κ2) is 7.51. The van der Waals surface area contributed by atoms with E-state index in [0.717, 1.165) is 5.75 Å². The number of imidazole rings is 1. The topological polar surface area (TPSA) is 44.1 Å². The van der Waals surface area contributed by atoms with Gasteiger partial charge < -0.3 is 9.30 Å². The fourth-order valence-electron chi connectivity index (χ4n) is 3.05. The van der Waals surface area contributed by atoms with Crippen LogP contribution < -0.4 is 4.74 Å². The lowest BCUT2D eigenvalue weighted by atomic mass is 9.80. The highest BCUT2D eigenvalue weighted by Gasteiger charge is 2.21. The molecule has 0 aliphatic rings. The number of aromatic nitrogens is 2. The van der Waals surface area contributed by atoms with E-state index in [4.69, 9.17) is 4.74 Å². The Bertz CT molecular complexity index is 984. The van der Waals surface area contributed by atoms with E-state index in [-0.39, 0.29) is 16.6 Å². The highest BCUT2D eigenvalue weighted by Crippen LogP contribution is 2.34. The summed E-state index contributed by atoms with van der Waals surface area (Å²) in [7, 11) is 1.81. The zero-order chi connectivity index (χ0) is 21.4. The van der Waals surface area contributed by atoms with Gasteiger partial charge in [0, 0.05) is 25.0 Å². The zero-order valence-electron chi connectivity index (χ0n) is 18.4. The molecule has 3 rings (SSSR count). The van der Waals surface area contributed by atoms with Crippen LogP contribution in [-0.4, -0.2) is 15.3 Å². The molecule has 3 aromatic rings. The van der Waals surface area contributed by atoms with Gasteiger partial charge >= 0.3 is 0 Å². The fourth-order valence-corrected chi connectivity index (χ4v) is 3.05. The SMILES string of the molecule is Cn1ccnc1C(=O)c1ccc(Oc2cc(C(C)(C)C)cc(C(C)(C)C)c2)cc1. The number of ether oxygens (including phenoxy) is 1. The predicted molar refractivity (Wildman–Crippen MR) is 117 cm³/mol. The minimum atomic E-state index is -0.103. The lowest BCUT2D eigenvalue weighted by Crippen LogP contribution is -2.16. The lowest BCUT2D eigenvalue weighted by Gasteiger charge is -2.26. The van der Waals surface area contributed by atoms with E-state index in [1.807, 2.05) is 19.2 Å². The first-order valence-electron chi connectivity index (χ1n) is 9.91. The summed E-state index contributed by atoms with van der Waals surface area (Å²) in [5.41, 5.74) is 3.11. The molecule has 0 spiro atoms. The molecule has 2 aromatic carbocycles. The third-order valence-corrected chi connectivity index (χ3v) is 5.02. The van der Waals surface area contributed by atoms with E-state index < -0.39 is 0 Å². The standard InChI is InChI=1S/C25H30N2O2/c1-24(2,3)18-14-19(25(4,5)6)16-21(15-18)29-20-10-8-17(9-11-20)22(28)23-26-12-13-27(23)7/h8-16H,1-7H3. The van der Waals surface area contributed by atoms with Gasteiger partial charge in [-0.3, -0.25) is 4.79 Å². The summed E-state index contributed by atoms with van der Waals surface area (Å²) in [4.78, 5) is 16.7.